The first-order valence-electron chi connectivity index (χ1n) is 8.51. The van der Waals surface area contributed by atoms with E-state index in [1.54, 1.807) is 37.4 Å². The number of fused-ring (bicyclic) bond motifs is 1. The third-order valence-electron chi connectivity index (χ3n) is 4.02. The molecule has 6 nitrogen and oxygen atoms in total. The molecule has 1 aromatic heterocycles. The number of carbonyl (C=O) groups is 2. The van der Waals surface area contributed by atoms with Crippen molar-refractivity contribution in [1.82, 2.24) is 10.4 Å². The normalized spacial score (nSPS) is 10.9. The van der Waals surface area contributed by atoms with E-state index in [4.69, 9.17) is 0 Å². The molecule has 0 fully saturated rings. The smallest absolute Gasteiger partial charge is 0.273 e. The molecule has 0 aliphatic rings. The molecule has 6 heteroatoms. The zero-order chi connectivity index (χ0) is 19.4. The van der Waals surface area contributed by atoms with Crippen LogP contribution in [0.4, 0.5) is 5.69 Å². The molecular formula is C21H20N4O2. The van der Waals surface area contributed by atoms with Gasteiger partial charge in [0.1, 0.15) is 0 Å². The van der Waals surface area contributed by atoms with Crippen LogP contribution in [0.1, 0.15) is 34.1 Å². The Hall–Kier alpha value is -3.54. The Morgan fingerprint density at radius 2 is 1.78 bits per heavy atom. The van der Waals surface area contributed by atoms with Crippen LogP contribution >= 0.6 is 0 Å². The van der Waals surface area contributed by atoms with Crippen molar-refractivity contribution in [2.75, 3.05) is 5.32 Å². The second-order valence-corrected chi connectivity index (χ2v) is 6.32. The minimum atomic E-state index is -0.311. The summed E-state index contributed by atoms with van der Waals surface area (Å²) in [6.07, 6.45) is 1.55. The zero-order valence-corrected chi connectivity index (χ0v) is 15.4. The highest BCUT2D eigenvalue weighted by molar-refractivity contribution is 5.99. The standard InChI is InChI=1S/C21H20N4O2/c1-13-4-9-20-17(10-13)11-19(14(2)23-20)21(27)25-22-12-16-5-7-18(8-6-16)24-15(3)26/h4-12H,1-3H3,(H,24,26)(H,25,27)/b22-12+. The summed E-state index contributed by atoms with van der Waals surface area (Å²) in [6, 6.07) is 14.9. The van der Waals surface area contributed by atoms with E-state index in [9.17, 15) is 9.59 Å². The Bertz CT molecular complexity index is 1040. The maximum atomic E-state index is 12.4. The van der Waals surface area contributed by atoms with Crippen molar-refractivity contribution in [3.8, 4) is 0 Å². The van der Waals surface area contributed by atoms with Crippen molar-refractivity contribution in [3.63, 3.8) is 0 Å². The van der Waals surface area contributed by atoms with E-state index in [1.807, 2.05) is 31.2 Å². The van der Waals surface area contributed by atoms with Crippen molar-refractivity contribution in [1.29, 1.82) is 0 Å². The fourth-order valence-corrected chi connectivity index (χ4v) is 2.70. The molecule has 0 unspecified atom stereocenters. The second-order valence-electron chi connectivity index (χ2n) is 6.32. The summed E-state index contributed by atoms with van der Waals surface area (Å²) in [6.45, 7) is 5.26. The van der Waals surface area contributed by atoms with E-state index in [0.29, 0.717) is 16.9 Å². The third kappa shape index (κ3) is 4.55. The molecule has 27 heavy (non-hydrogen) atoms. The number of aryl methyl sites for hydroxylation is 2. The molecule has 3 aromatic rings. The molecule has 2 N–H and O–H groups in total. The number of anilines is 1. The lowest BCUT2D eigenvalue weighted by Crippen LogP contribution is -2.19. The maximum absolute atomic E-state index is 12.4. The molecule has 0 atom stereocenters. The van der Waals surface area contributed by atoms with Crippen LogP contribution in [0.25, 0.3) is 10.9 Å². The number of hydrogen-bond acceptors (Lipinski definition) is 4. The van der Waals surface area contributed by atoms with Crippen molar-refractivity contribution in [2.24, 2.45) is 5.10 Å². The summed E-state index contributed by atoms with van der Waals surface area (Å²) in [7, 11) is 0. The van der Waals surface area contributed by atoms with Gasteiger partial charge in [0.15, 0.2) is 0 Å². The molecular weight excluding hydrogens is 340 g/mol. The summed E-state index contributed by atoms with van der Waals surface area (Å²) < 4.78 is 0. The number of nitrogens with one attached hydrogen (secondary N) is 2. The topological polar surface area (TPSA) is 83.5 Å². The number of carbonyl (C=O) groups excluding carboxylic acids is 2. The summed E-state index contributed by atoms with van der Waals surface area (Å²) >= 11 is 0. The number of pyridine rings is 1. The van der Waals surface area contributed by atoms with Crippen molar-refractivity contribution >= 4 is 34.6 Å². The predicted octanol–water partition coefficient (Wildman–Crippen LogP) is 3.57. The van der Waals surface area contributed by atoms with Crippen LogP contribution in [0.3, 0.4) is 0 Å². The Morgan fingerprint density at radius 1 is 1.04 bits per heavy atom. The Labute approximate surface area is 157 Å². The summed E-state index contributed by atoms with van der Waals surface area (Å²) in [5.41, 5.74) is 7.15. The first-order chi connectivity index (χ1) is 12.9. The monoisotopic (exact) mass is 360 g/mol. The number of hydrazone groups is 1. The zero-order valence-electron chi connectivity index (χ0n) is 15.4. The largest absolute Gasteiger partial charge is 0.326 e. The van der Waals surface area contributed by atoms with E-state index < -0.39 is 0 Å². The van der Waals surface area contributed by atoms with Crippen LogP contribution in [0.2, 0.25) is 0 Å². The Kier molecular flexibility index (Phi) is 5.26. The van der Waals surface area contributed by atoms with Crippen LogP contribution in [0.5, 0.6) is 0 Å². The molecule has 3 rings (SSSR count). The van der Waals surface area contributed by atoms with Crippen LogP contribution in [0.15, 0.2) is 53.6 Å². The summed E-state index contributed by atoms with van der Waals surface area (Å²) in [5, 5.41) is 7.62. The van der Waals surface area contributed by atoms with Gasteiger partial charge in [0.2, 0.25) is 5.91 Å². The Morgan fingerprint density at radius 3 is 2.48 bits per heavy atom. The third-order valence-corrected chi connectivity index (χ3v) is 4.02. The van der Waals surface area contributed by atoms with E-state index in [0.717, 1.165) is 22.0 Å². The molecule has 0 saturated heterocycles. The van der Waals surface area contributed by atoms with Crippen LogP contribution < -0.4 is 10.7 Å². The van der Waals surface area contributed by atoms with Crippen molar-refractivity contribution < 1.29 is 9.59 Å². The lowest BCUT2D eigenvalue weighted by atomic mass is 10.1. The minimum Gasteiger partial charge on any atom is -0.326 e. The first kappa shape index (κ1) is 18.3. The van der Waals surface area contributed by atoms with Gasteiger partial charge >= 0.3 is 0 Å². The number of hydrogen-bond donors (Lipinski definition) is 2. The summed E-state index contributed by atoms with van der Waals surface area (Å²) in [5.74, 6) is -0.437. The minimum absolute atomic E-state index is 0.127. The summed E-state index contributed by atoms with van der Waals surface area (Å²) in [4.78, 5) is 28.0. The molecule has 2 aromatic carbocycles. The Balaban J connectivity index is 1.71. The van der Waals surface area contributed by atoms with Gasteiger partial charge in [0.05, 0.1) is 23.0 Å². The fraction of sp³-hybridized carbons (Fsp3) is 0.143. The lowest BCUT2D eigenvalue weighted by Gasteiger charge is -2.07. The fourth-order valence-electron chi connectivity index (χ4n) is 2.70. The average Bonchev–Trinajstić information content (AvgIpc) is 2.62. The lowest BCUT2D eigenvalue weighted by molar-refractivity contribution is -0.114. The average molecular weight is 360 g/mol. The van der Waals surface area contributed by atoms with Crippen molar-refractivity contribution in [3.05, 3.63) is 70.9 Å². The van der Waals surface area contributed by atoms with Gasteiger partial charge in [-0.15, -0.1) is 0 Å². The van der Waals surface area contributed by atoms with Crippen LogP contribution in [-0.4, -0.2) is 23.0 Å². The number of amides is 2. The van der Waals surface area contributed by atoms with Gasteiger partial charge in [-0.25, -0.2) is 5.43 Å². The van der Waals surface area contributed by atoms with E-state index in [2.05, 4.69) is 20.8 Å². The van der Waals surface area contributed by atoms with Gasteiger partial charge < -0.3 is 5.32 Å². The number of benzene rings is 2. The molecule has 136 valence electrons. The van der Waals surface area contributed by atoms with Gasteiger partial charge in [-0.1, -0.05) is 23.8 Å². The van der Waals surface area contributed by atoms with Gasteiger partial charge in [-0.05, 0) is 49.7 Å². The van der Waals surface area contributed by atoms with Gasteiger partial charge in [0.25, 0.3) is 5.91 Å². The molecule has 2 amide bonds. The number of aromatic nitrogens is 1. The van der Waals surface area contributed by atoms with Gasteiger partial charge in [0, 0.05) is 18.0 Å². The highest BCUT2D eigenvalue weighted by Gasteiger charge is 2.11. The number of rotatable bonds is 4. The SMILES string of the molecule is CC(=O)Nc1ccc(/C=N/NC(=O)c2cc3cc(C)ccc3nc2C)cc1. The molecule has 1 heterocycles. The van der Waals surface area contributed by atoms with Gasteiger partial charge in [-0.2, -0.15) is 5.10 Å². The molecule has 0 aliphatic carbocycles. The second kappa shape index (κ2) is 7.78. The number of nitrogens with zero attached hydrogens (tertiary/aromatic N) is 2. The van der Waals surface area contributed by atoms with Crippen LogP contribution in [0, 0.1) is 13.8 Å². The molecule has 0 saturated carbocycles. The maximum Gasteiger partial charge on any atom is 0.273 e. The first-order valence-corrected chi connectivity index (χ1v) is 8.51. The highest BCUT2D eigenvalue weighted by atomic mass is 16.2. The molecule has 0 bridgehead atoms. The van der Waals surface area contributed by atoms with E-state index in [-0.39, 0.29) is 11.8 Å². The highest BCUT2D eigenvalue weighted by Crippen LogP contribution is 2.18. The van der Waals surface area contributed by atoms with Gasteiger partial charge in [-0.3, -0.25) is 14.6 Å². The quantitative estimate of drug-likeness (QED) is 0.551. The van der Waals surface area contributed by atoms with Crippen molar-refractivity contribution in [2.45, 2.75) is 20.8 Å². The molecule has 0 aliphatic heterocycles. The molecule has 0 radical (unpaired) electrons. The predicted molar refractivity (Wildman–Crippen MR) is 107 cm³/mol. The molecule has 0 spiro atoms. The van der Waals surface area contributed by atoms with Crippen LogP contribution in [-0.2, 0) is 4.79 Å². The van der Waals surface area contributed by atoms with E-state index in [1.165, 1.54) is 6.92 Å². The van der Waals surface area contributed by atoms with E-state index >= 15 is 0 Å².